The Kier molecular flexibility index (Phi) is 5.36. The van der Waals surface area contributed by atoms with Crippen LogP contribution in [-0.2, 0) is 14.8 Å². The van der Waals surface area contributed by atoms with Crippen LogP contribution in [0, 0.1) is 0 Å². The third-order valence-corrected chi connectivity index (χ3v) is 5.16. The molecule has 2 heterocycles. The van der Waals surface area contributed by atoms with Crippen LogP contribution >= 0.6 is 0 Å². The number of amides is 1. The second-order valence-electron chi connectivity index (χ2n) is 5.42. The lowest BCUT2D eigenvalue weighted by molar-refractivity contribution is -0.132. The van der Waals surface area contributed by atoms with Crippen LogP contribution in [0.5, 0.6) is 0 Å². The van der Waals surface area contributed by atoms with Gasteiger partial charge in [0.1, 0.15) is 0 Å². The fraction of sp³-hybridized carbons (Fsp3) is 0.917. The van der Waals surface area contributed by atoms with E-state index >= 15 is 0 Å². The summed E-state index contributed by atoms with van der Waals surface area (Å²) in [5.74, 6) is 0.154. The van der Waals surface area contributed by atoms with Crippen molar-refractivity contribution < 1.29 is 13.2 Å². The lowest BCUT2D eigenvalue weighted by atomic mass is 10.3. The van der Waals surface area contributed by atoms with Gasteiger partial charge in [-0.05, 0) is 13.0 Å². The van der Waals surface area contributed by atoms with Crippen LogP contribution in [0.4, 0.5) is 0 Å². The van der Waals surface area contributed by atoms with Crippen LogP contribution < -0.4 is 5.32 Å². The maximum Gasteiger partial charge on any atom is 0.236 e. The molecule has 0 saturated carbocycles. The molecule has 2 rings (SSSR count). The Labute approximate surface area is 120 Å². The Morgan fingerprint density at radius 1 is 1.05 bits per heavy atom. The van der Waals surface area contributed by atoms with Gasteiger partial charge < -0.3 is 10.2 Å². The number of piperazine rings is 1. The number of carbonyl (C=O) groups excluding carboxylic acids is 1. The van der Waals surface area contributed by atoms with Crippen molar-refractivity contribution in [2.45, 2.75) is 6.42 Å². The van der Waals surface area contributed by atoms with Crippen molar-refractivity contribution in [2.75, 3.05) is 65.2 Å². The number of rotatable bonds is 3. The summed E-state index contributed by atoms with van der Waals surface area (Å²) in [6.07, 6.45) is 2.23. The number of carbonyl (C=O) groups is 1. The van der Waals surface area contributed by atoms with E-state index in [9.17, 15) is 13.2 Å². The van der Waals surface area contributed by atoms with Gasteiger partial charge in [-0.3, -0.25) is 9.69 Å². The molecule has 2 fully saturated rings. The molecule has 0 spiro atoms. The van der Waals surface area contributed by atoms with E-state index in [4.69, 9.17) is 0 Å². The number of hydrogen-bond donors (Lipinski definition) is 1. The fourth-order valence-corrected chi connectivity index (χ4v) is 3.43. The minimum Gasteiger partial charge on any atom is -0.340 e. The van der Waals surface area contributed by atoms with Gasteiger partial charge in [0.05, 0.1) is 12.8 Å². The predicted octanol–water partition coefficient (Wildman–Crippen LogP) is -1.61. The minimum atomic E-state index is -3.10. The average molecular weight is 304 g/mol. The SMILES string of the molecule is CS(=O)(=O)N1CCN(CC(=O)N2CCCNCC2)CC1. The Morgan fingerprint density at radius 2 is 1.75 bits per heavy atom. The second kappa shape index (κ2) is 6.84. The zero-order chi connectivity index (χ0) is 14.6. The molecule has 8 heteroatoms. The Morgan fingerprint density at radius 3 is 2.40 bits per heavy atom. The van der Waals surface area contributed by atoms with Gasteiger partial charge in [0.15, 0.2) is 0 Å². The smallest absolute Gasteiger partial charge is 0.236 e. The van der Waals surface area contributed by atoms with Gasteiger partial charge in [0.2, 0.25) is 15.9 Å². The van der Waals surface area contributed by atoms with E-state index in [0.717, 1.165) is 32.6 Å². The number of nitrogens with zero attached hydrogens (tertiary/aromatic N) is 3. The number of sulfonamides is 1. The normalized spacial score (nSPS) is 23.6. The molecule has 0 aromatic heterocycles. The highest BCUT2D eigenvalue weighted by molar-refractivity contribution is 7.88. The van der Waals surface area contributed by atoms with Crippen molar-refractivity contribution in [1.29, 1.82) is 0 Å². The second-order valence-corrected chi connectivity index (χ2v) is 7.40. The molecule has 0 aromatic carbocycles. The van der Waals surface area contributed by atoms with Crippen LogP contribution in [0.2, 0.25) is 0 Å². The first-order valence-corrected chi connectivity index (χ1v) is 8.97. The molecule has 0 radical (unpaired) electrons. The molecule has 0 bridgehead atoms. The maximum absolute atomic E-state index is 12.2. The van der Waals surface area contributed by atoms with Gasteiger partial charge in [-0.25, -0.2) is 8.42 Å². The summed E-state index contributed by atoms with van der Waals surface area (Å²) < 4.78 is 24.3. The summed E-state index contributed by atoms with van der Waals surface area (Å²) in [6, 6.07) is 0. The number of hydrogen-bond acceptors (Lipinski definition) is 5. The van der Waals surface area contributed by atoms with Crippen molar-refractivity contribution in [3.8, 4) is 0 Å². The summed E-state index contributed by atoms with van der Waals surface area (Å²) in [5.41, 5.74) is 0. The van der Waals surface area contributed by atoms with Crippen molar-refractivity contribution in [3.05, 3.63) is 0 Å². The third kappa shape index (κ3) is 4.41. The van der Waals surface area contributed by atoms with Gasteiger partial charge in [-0.15, -0.1) is 0 Å². The zero-order valence-electron chi connectivity index (χ0n) is 12.0. The largest absolute Gasteiger partial charge is 0.340 e. The molecule has 116 valence electrons. The molecule has 0 atom stereocenters. The lowest BCUT2D eigenvalue weighted by Crippen LogP contribution is -2.51. The molecule has 2 aliphatic heterocycles. The standard InChI is InChI=1S/C12H24N4O3S/c1-20(18,19)16-9-7-14(8-10-16)11-12(17)15-5-2-3-13-4-6-15/h13H,2-11H2,1H3. The summed E-state index contributed by atoms with van der Waals surface area (Å²) in [5, 5.41) is 3.28. The van der Waals surface area contributed by atoms with Crippen molar-refractivity contribution in [2.24, 2.45) is 0 Å². The molecule has 0 unspecified atom stereocenters. The molecule has 0 aliphatic carbocycles. The monoisotopic (exact) mass is 304 g/mol. The van der Waals surface area contributed by atoms with Gasteiger partial charge in [-0.1, -0.05) is 0 Å². The Bertz CT molecular complexity index is 424. The highest BCUT2D eigenvalue weighted by Gasteiger charge is 2.25. The molecule has 1 amide bonds. The Hall–Kier alpha value is -0.700. The van der Waals surface area contributed by atoms with Gasteiger partial charge in [-0.2, -0.15) is 4.31 Å². The van der Waals surface area contributed by atoms with Crippen molar-refractivity contribution in [3.63, 3.8) is 0 Å². The third-order valence-electron chi connectivity index (χ3n) is 3.85. The first-order chi connectivity index (χ1) is 9.47. The van der Waals surface area contributed by atoms with E-state index in [0.29, 0.717) is 32.7 Å². The highest BCUT2D eigenvalue weighted by atomic mass is 32.2. The quantitative estimate of drug-likeness (QED) is 0.679. The van der Waals surface area contributed by atoms with Crippen LogP contribution in [0.25, 0.3) is 0 Å². The van der Waals surface area contributed by atoms with Crippen molar-refractivity contribution >= 4 is 15.9 Å². The minimum absolute atomic E-state index is 0.154. The Balaban J connectivity index is 1.78. The molecular weight excluding hydrogens is 280 g/mol. The molecule has 2 aliphatic rings. The molecule has 2 saturated heterocycles. The first kappa shape index (κ1) is 15.7. The van der Waals surface area contributed by atoms with Gasteiger partial charge in [0.25, 0.3) is 0 Å². The van der Waals surface area contributed by atoms with Crippen LogP contribution in [0.3, 0.4) is 0 Å². The van der Waals surface area contributed by atoms with E-state index in [1.807, 2.05) is 9.80 Å². The molecular formula is C12H24N4O3S. The van der Waals surface area contributed by atoms with E-state index in [-0.39, 0.29) is 5.91 Å². The molecule has 0 aromatic rings. The van der Waals surface area contributed by atoms with Crippen LogP contribution in [0.1, 0.15) is 6.42 Å². The van der Waals surface area contributed by atoms with Gasteiger partial charge >= 0.3 is 0 Å². The summed E-state index contributed by atoms with van der Waals surface area (Å²) in [6.45, 7) is 6.02. The lowest BCUT2D eigenvalue weighted by Gasteiger charge is -2.33. The average Bonchev–Trinajstić information content (AvgIpc) is 2.67. The summed E-state index contributed by atoms with van der Waals surface area (Å²) in [7, 11) is -3.10. The van der Waals surface area contributed by atoms with Gasteiger partial charge in [0, 0.05) is 45.8 Å². The topological polar surface area (TPSA) is 73.0 Å². The van der Waals surface area contributed by atoms with E-state index in [1.54, 1.807) is 0 Å². The van der Waals surface area contributed by atoms with Crippen LogP contribution in [-0.4, -0.2) is 93.6 Å². The van der Waals surface area contributed by atoms with Crippen molar-refractivity contribution in [1.82, 2.24) is 19.4 Å². The van der Waals surface area contributed by atoms with E-state index in [2.05, 4.69) is 5.32 Å². The number of nitrogens with one attached hydrogen (secondary N) is 1. The first-order valence-electron chi connectivity index (χ1n) is 7.13. The van der Waals surface area contributed by atoms with Crippen LogP contribution in [0.15, 0.2) is 0 Å². The summed E-state index contributed by atoms with van der Waals surface area (Å²) in [4.78, 5) is 16.2. The highest BCUT2D eigenvalue weighted by Crippen LogP contribution is 2.07. The van der Waals surface area contributed by atoms with E-state index < -0.39 is 10.0 Å². The maximum atomic E-state index is 12.2. The van der Waals surface area contributed by atoms with E-state index in [1.165, 1.54) is 10.6 Å². The molecule has 20 heavy (non-hydrogen) atoms. The molecule has 7 nitrogen and oxygen atoms in total. The molecule has 1 N–H and O–H groups in total. The fourth-order valence-electron chi connectivity index (χ4n) is 2.61. The summed E-state index contributed by atoms with van der Waals surface area (Å²) >= 11 is 0. The predicted molar refractivity (Wildman–Crippen MR) is 76.9 cm³/mol. The zero-order valence-corrected chi connectivity index (χ0v) is 12.9.